The van der Waals surface area contributed by atoms with Gasteiger partial charge < -0.3 is 4.90 Å². The number of anilines is 1. The molecule has 0 bridgehead atoms. The number of rotatable bonds is 5. The lowest BCUT2D eigenvalue weighted by Gasteiger charge is -2.33. The van der Waals surface area contributed by atoms with E-state index >= 15 is 0 Å². The third kappa shape index (κ3) is 3.48. The smallest absolute Gasteiger partial charge is 0.183 e. The van der Waals surface area contributed by atoms with Crippen LogP contribution in [0.25, 0.3) is 20.8 Å². The first kappa shape index (κ1) is 17.5. The molecule has 0 amide bonds. The predicted octanol–water partition coefficient (Wildman–Crippen LogP) is 5.20. The van der Waals surface area contributed by atoms with Crippen LogP contribution in [0.3, 0.4) is 0 Å². The summed E-state index contributed by atoms with van der Waals surface area (Å²) in [6.45, 7) is 8.98. The van der Waals surface area contributed by atoms with Crippen molar-refractivity contribution in [1.82, 2.24) is 4.98 Å². The standard InChI is InChI=1S/C22H26N2OS/c1-14(2)9-15(3)10-16-11-19-22(13-20(16)25)26-21-12-17(24-7-4-8-24)5-6-18(21)23-19/h5-6,11-15H,4,7-10H2,1-3H3. The summed E-state index contributed by atoms with van der Waals surface area (Å²) >= 11 is 1.68. The molecule has 3 nitrogen and oxygen atoms in total. The predicted molar refractivity (Wildman–Crippen MR) is 112 cm³/mol. The van der Waals surface area contributed by atoms with E-state index < -0.39 is 0 Å². The lowest BCUT2D eigenvalue weighted by molar-refractivity contribution is 0.436. The number of hydrogen-bond donors (Lipinski definition) is 0. The molecule has 1 aromatic rings. The van der Waals surface area contributed by atoms with Gasteiger partial charge in [0.1, 0.15) is 0 Å². The SMILES string of the molecule is CC(C)CC(C)Cc1cc2nc3ccc(N4CCC4)cc3sc-2cc1=O. The quantitative estimate of drug-likeness (QED) is 0.582. The van der Waals surface area contributed by atoms with Gasteiger partial charge in [-0.15, -0.1) is 11.3 Å². The Labute approximate surface area is 159 Å². The molecule has 0 N–H and O–H groups in total. The third-order valence-electron chi connectivity index (χ3n) is 5.21. The Morgan fingerprint density at radius 1 is 1.15 bits per heavy atom. The van der Waals surface area contributed by atoms with E-state index in [0.29, 0.717) is 11.8 Å². The molecule has 1 fully saturated rings. The molecule has 1 aliphatic carbocycles. The summed E-state index contributed by atoms with van der Waals surface area (Å²) in [7, 11) is 0. The number of hydrogen-bond acceptors (Lipinski definition) is 4. The molecule has 0 aromatic heterocycles. The molecule has 2 heterocycles. The van der Waals surface area contributed by atoms with Crippen molar-refractivity contribution >= 4 is 27.2 Å². The summed E-state index contributed by atoms with van der Waals surface area (Å²) < 4.78 is 1.15. The van der Waals surface area contributed by atoms with Gasteiger partial charge in [0.2, 0.25) is 0 Å². The number of benzene rings is 2. The van der Waals surface area contributed by atoms with E-state index in [2.05, 4.69) is 43.9 Å². The maximum Gasteiger partial charge on any atom is 0.183 e. The number of fused-ring (bicyclic) bond motifs is 2. The van der Waals surface area contributed by atoms with E-state index in [0.717, 1.165) is 52.3 Å². The zero-order valence-electron chi connectivity index (χ0n) is 15.8. The van der Waals surface area contributed by atoms with Gasteiger partial charge in [-0.2, -0.15) is 0 Å². The molecule has 1 atom stereocenters. The van der Waals surface area contributed by atoms with Crippen molar-refractivity contribution in [2.75, 3.05) is 18.0 Å². The maximum atomic E-state index is 12.6. The molecule has 4 rings (SSSR count). The van der Waals surface area contributed by atoms with Gasteiger partial charge in [-0.05, 0) is 55.4 Å². The van der Waals surface area contributed by atoms with Crippen LogP contribution < -0.4 is 10.3 Å². The molecule has 26 heavy (non-hydrogen) atoms. The minimum atomic E-state index is 0.157. The third-order valence-corrected chi connectivity index (χ3v) is 6.30. The van der Waals surface area contributed by atoms with E-state index in [9.17, 15) is 4.79 Å². The molecule has 1 saturated heterocycles. The van der Waals surface area contributed by atoms with Crippen molar-refractivity contribution < 1.29 is 0 Å². The second-order valence-corrected chi connectivity index (χ2v) is 9.16. The van der Waals surface area contributed by atoms with Crippen molar-refractivity contribution in [3.8, 4) is 10.6 Å². The monoisotopic (exact) mass is 366 g/mol. The Hall–Kier alpha value is -1.94. The van der Waals surface area contributed by atoms with E-state index in [4.69, 9.17) is 4.98 Å². The zero-order chi connectivity index (χ0) is 18.3. The molecule has 136 valence electrons. The fourth-order valence-electron chi connectivity index (χ4n) is 3.88. The largest absolute Gasteiger partial charge is 0.371 e. The average Bonchev–Trinajstić information content (AvgIpc) is 2.51. The van der Waals surface area contributed by atoms with Crippen LogP contribution in [-0.4, -0.2) is 18.1 Å². The average molecular weight is 367 g/mol. The van der Waals surface area contributed by atoms with Gasteiger partial charge in [0.15, 0.2) is 5.43 Å². The van der Waals surface area contributed by atoms with Crippen LogP contribution in [0.15, 0.2) is 35.1 Å². The summed E-state index contributed by atoms with van der Waals surface area (Å²) in [5.41, 5.74) is 4.30. The second-order valence-electron chi connectivity index (χ2n) is 8.07. The van der Waals surface area contributed by atoms with E-state index in [1.165, 1.54) is 12.1 Å². The summed E-state index contributed by atoms with van der Waals surface area (Å²) in [5, 5.41) is 0. The maximum absolute atomic E-state index is 12.6. The molecular formula is C22H26N2OS. The molecule has 0 spiro atoms. The first-order valence-electron chi connectivity index (χ1n) is 9.62. The summed E-state index contributed by atoms with van der Waals surface area (Å²) in [4.78, 5) is 20.8. The van der Waals surface area contributed by atoms with Gasteiger partial charge in [-0.25, -0.2) is 4.98 Å². The summed E-state index contributed by atoms with van der Waals surface area (Å²) in [6, 6.07) is 10.3. The van der Waals surface area contributed by atoms with Crippen LogP contribution >= 0.6 is 11.3 Å². The Morgan fingerprint density at radius 2 is 1.96 bits per heavy atom. The van der Waals surface area contributed by atoms with Crippen LogP contribution in [0.5, 0.6) is 0 Å². The lowest BCUT2D eigenvalue weighted by Crippen LogP contribution is -2.36. The number of aromatic nitrogens is 1. The van der Waals surface area contributed by atoms with E-state index in [1.807, 2.05) is 6.07 Å². The Balaban J connectivity index is 1.70. The van der Waals surface area contributed by atoms with Crippen molar-refractivity contribution in [2.45, 2.75) is 40.0 Å². The molecule has 0 saturated carbocycles. The van der Waals surface area contributed by atoms with Crippen LogP contribution in [0, 0.1) is 11.8 Å². The fourth-order valence-corrected chi connectivity index (χ4v) is 4.89. The van der Waals surface area contributed by atoms with Gasteiger partial charge >= 0.3 is 0 Å². The Bertz CT molecular complexity index is 958. The minimum Gasteiger partial charge on any atom is -0.371 e. The fraction of sp³-hybridized carbons (Fsp3) is 0.455. The zero-order valence-corrected chi connectivity index (χ0v) is 16.6. The first-order valence-corrected chi connectivity index (χ1v) is 10.4. The molecule has 2 aliphatic heterocycles. The highest BCUT2D eigenvalue weighted by molar-refractivity contribution is 7.21. The minimum absolute atomic E-state index is 0.157. The summed E-state index contributed by atoms with van der Waals surface area (Å²) in [5.74, 6) is 1.17. The normalized spacial score (nSPS) is 15.6. The van der Waals surface area contributed by atoms with Crippen molar-refractivity contribution in [3.63, 3.8) is 0 Å². The highest BCUT2D eigenvalue weighted by Crippen LogP contribution is 2.33. The Morgan fingerprint density at radius 3 is 2.65 bits per heavy atom. The Kier molecular flexibility index (Phi) is 4.70. The molecule has 1 aromatic carbocycles. The van der Waals surface area contributed by atoms with Gasteiger partial charge in [0.25, 0.3) is 0 Å². The highest BCUT2D eigenvalue weighted by Gasteiger charge is 2.17. The van der Waals surface area contributed by atoms with Crippen LogP contribution in [0.2, 0.25) is 0 Å². The molecule has 4 heteroatoms. The highest BCUT2D eigenvalue weighted by atomic mass is 32.1. The summed E-state index contributed by atoms with van der Waals surface area (Å²) in [6.07, 6.45) is 3.25. The molecule has 1 unspecified atom stereocenters. The van der Waals surface area contributed by atoms with Gasteiger partial charge in [0, 0.05) is 30.4 Å². The van der Waals surface area contributed by atoms with E-state index in [1.54, 1.807) is 17.4 Å². The molecule has 3 aliphatic rings. The van der Waals surface area contributed by atoms with Crippen LogP contribution in [0.1, 0.15) is 39.2 Å². The van der Waals surface area contributed by atoms with Crippen molar-refractivity contribution in [3.05, 3.63) is 46.1 Å². The van der Waals surface area contributed by atoms with E-state index in [-0.39, 0.29) is 5.43 Å². The molecule has 0 radical (unpaired) electrons. The number of nitrogens with zero attached hydrogens (tertiary/aromatic N) is 2. The second kappa shape index (κ2) is 6.99. The van der Waals surface area contributed by atoms with Gasteiger partial charge in [-0.3, -0.25) is 4.79 Å². The van der Waals surface area contributed by atoms with Crippen LogP contribution in [0.4, 0.5) is 5.69 Å². The van der Waals surface area contributed by atoms with Crippen LogP contribution in [-0.2, 0) is 6.42 Å². The lowest BCUT2D eigenvalue weighted by atomic mass is 9.92. The van der Waals surface area contributed by atoms with Crippen molar-refractivity contribution in [2.24, 2.45) is 11.8 Å². The van der Waals surface area contributed by atoms with Gasteiger partial charge in [0.05, 0.1) is 20.8 Å². The topological polar surface area (TPSA) is 33.2 Å². The van der Waals surface area contributed by atoms with Gasteiger partial charge in [-0.1, -0.05) is 20.8 Å². The molecular weight excluding hydrogens is 340 g/mol. The van der Waals surface area contributed by atoms with Crippen molar-refractivity contribution in [1.29, 1.82) is 0 Å². The first-order chi connectivity index (χ1) is 12.5.